The highest BCUT2D eigenvalue weighted by Gasteiger charge is 1.87. The summed E-state index contributed by atoms with van der Waals surface area (Å²) in [5.74, 6) is 0. The van der Waals surface area contributed by atoms with E-state index >= 15 is 0 Å². The van der Waals surface area contributed by atoms with E-state index in [0.29, 0.717) is 0 Å². The van der Waals surface area contributed by atoms with E-state index in [1.54, 1.807) is 0 Å². The van der Waals surface area contributed by atoms with Crippen LogP contribution in [0.15, 0.2) is 24.3 Å². The van der Waals surface area contributed by atoms with Gasteiger partial charge < -0.3 is 5.32 Å². The summed E-state index contributed by atoms with van der Waals surface area (Å²) in [6.07, 6.45) is 1.19. The lowest BCUT2D eigenvalue weighted by Gasteiger charge is -2.01. The van der Waals surface area contributed by atoms with Crippen LogP contribution in [0.5, 0.6) is 0 Å². The Labute approximate surface area is 68.4 Å². The molecule has 11 heavy (non-hydrogen) atoms. The van der Waals surface area contributed by atoms with Gasteiger partial charge in [0.2, 0.25) is 0 Å². The van der Waals surface area contributed by atoms with Crippen LogP contribution in [0.25, 0.3) is 0 Å². The molecule has 0 heterocycles. The molecule has 0 spiro atoms. The van der Waals surface area contributed by atoms with Gasteiger partial charge in [0.15, 0.2) is 0 Å². The molecule has 0 unspecified atom stereocenters. The van der Waals surface area contributed by atoms with Crippen molar-refractivity contribution in [1.29, 1.82) is 0 Å². The maximum Gasteiger partial charge on any atom is 0.0205 e. The number of hydrogen-bond acceptors (Lipinski definition) is 1. The third-order valence-corrected chi connectivity index (χ3v) is 1.53. The van der Waals surface area contributed by atoms with Gasteiger partial charge in [-0.25, -0.2) is 0 Å². The van der Waals surface area contributed by atoms with Crippen molar-refractivity contribution >= 4 is 0 Å². The van der Waals surface area contributed by atoms with Gasteiger partial charge in [0.1, 0.15) is 0 Å². The molecule has 1 aromatic carbocycles. The minimum Gasteiger partial charge on any atom is -0.313 e. The second-order valence-electron chi connectivity index (χ2n) is 2.59. The molecule has 1 N–H and O–H groups in total. The molecule has 0 aromatic heterocycles. The molecule has 1 rings (SSSR count). The Bertz CT molecular complexity index is 181. The van der Waals surface area contributed by atoms with Gasteiger partial charge in [0.05, 0.1) is 0 Å². The molecule has 0 aliphatic carbocycles. The fourth-order valence-electron chi connectivity index (χ4n) is 0.950. The largest absolute Gasteiger partial charge is 0.313 e. The van der Waals surface area contributed by atoms with Crippen molar-refractivity contribution in [3.63, 3.8) is 0 Å². The Morgan fingerprint density at radius 3 is 3.09 bits per heavy atom. The molecule has 59 valence electrons. The molecule has 0 aliphatic rings. The maximum atomic E-state index is 3.33. The quantitative estimate of drug-likeness (QED) is 0.644. The Balaban J connectivity index is 2.28. The Morgan fingerprint density at radius 1 is 1.55 bits per heavy atom. The van der Waals surface area contributed by atoms with E-state index in [4.69, 9.17) is 0 Å². The van der Waals surface area contributed by atoms with Gasteiger partial charge in [0, 0.05) is 6.54 Å². The number of nitrogens with one attached hydrogen (secondary N) is 1. The number of hydrogen-bond donors (Lipinski definition) is 1. The van der Waals surface area contributed by atoms with Crippen LogP contribution in [0, 0.1) is 6.07 Å². The van der Waals surface area contributed by atoms with Gasteiger partial charge in [-0.15, -0.1) is 0 Å². The Kier molecular flexibility index (Phi) is 3.70. The van der Waals surface area contributed by atoms with Crippen LogP contribution in [0.2, 0.25) is 0 Å². The van der Waals surface area contributed by atoms with Crippen molar-refractivity contribution < 1.29 is 0 Å². The summed E-state index contributed by atoms with van der Waals surface area (Å²) in [6, 6.07) is 11.1. The van der Waals surface area contributed by atoms with Gasteiger partial charge in [-0.1, -0.05) is 25.1 Å². The molecule has 0 amide bonds. The van der Waals surface area contributed by atoms with Crippen LogP contribution in [0.4, 0.5) is 0 Å². The predicted octanol–water partition coefficient (Wildman–Crippen LogP) is 1.99. The van der Waals surface area contributed by atoms with Gasteiger partial charge in [-0.2, -0.15) is 0 Å². The lowest BCUT2D eigenvalue weighted by Crippen LogP contribution is -2.13. The summed E-state index contributed by atoms with van der Waals surface area (Å²) in [5.41, 5.74) is 1.31. The van der Waals surface area contributed by atoms with Crippen LogP contribution in [-0.4, -0.2) is 6.54 Å². The smallest absolute Gasteiger partial charge is 0.0205 e. The predicted molar refractivity (Wildman–Crippen MR) is 47.3 cm³/mol. The molecular formula is C10H14N. The van der Waals surface area contributed by atoms with Crippen LogP contribution in [-0.2, 0) is 6.54 Å². The van der Waals surface area contributed by atoms with E-state index in [9.17, 15) is 0 Å². The lowest BCUT2D eigenvalue weighted by atomic mass is 10.2. The third kappa shape index (κ3) is 3.19. The monoisotopic (exact) mass is 148 g/mol. The highest BCUT2D eigenvalue weighted by Crippen LogP contribution is 1.95. The summed E-state index contributed by atoms with van der Waals surface area (Å²) in [4.78, 5) is 0. The minimum atomic E-state index is 0.963. The van der Waals surface area contributed by atoms with Gasteiger partial charge in [-0.3, -0.25) is 0 Å². The molecule has 1 aromatic rings. The summed E-state index contributed by atoms with van der Waals surface area (Å²) < 4.78 is 0. The van der Waals surface area contributed by atoms with Crippen LogP contribution in [0.1, 0.15) is 18.9 Å². The van der Waals surface area contributed by atoms with Gasteiger partial charge >= 0.3 is 0 Å². The molecule has 0 fully saturated rings. The van der Waals surface area contributed by atoms with Gasteiger partial charge in [0.25, 0.3) is 0 Å². The Morgan fingerprint density at radius 2 is 2.45 bits per heavy atom. The standard InChI is InChI=1S/C10H14N/c1-2-8-11-9-10-6-4-3-5-7-10/h3-4,6-7,11H,2,8-9H2,1H3. The van der Waals surface area contributed by atoms with Crippen LogP contribution >= 0.6 is 0 Å². The Hall–Kier alpha value is -0.820. The molecule has 1 nitrogen and oxygen atoms in total. The molecule has 0 saturated carbocycles. The first-order valence-electron chi connectivity index (χ1n) is 4.09. The first kappa shape index (κ1) is 8.28. The van der Waals surface area contributed by atoms with Gasteiger partial charge in [-0.05, 0) is 30.7 Å². The topological polar surface area (TPSA) is 12.0 Å². The van der Waals surface area contributed by atoms with Crippen molar-refractivity contribution in [2.45, 2.75) is 19.9 Å². The molecule has 0 atom stereocenters. The molecular weight excluding hydrogens is 134 g/mol. The van der Waals surface area contributed by atoms with Crippen molar-refractivity contribution in [3.8, 4) is 0 Å². The molecule has 0 aliphatic heterocycles. The molecule has 1 radical (unpaired) electrons. The number of rotatable bonds is 4. The molecule has 0 saturated heterocycles. The zero-order valence-electron chi connectivity index (χ0n) is 6.93. The fourth-order valence-corrected chi connectivity index (χ4v) is 0.950. The zero-order valence-corrected chi connectivity index (χ0v) is 6.93. The van der Waals surface area contributed by atoms with Crippen molar-refractivity contribution in [2.24, 2.45) is 0 Å². The van der Waals surface area contributed by atoms with Crippen molar-refractivity contribution in [2.75, 3.05) is 6.54 Å². The van der Waals surface area contributed by atoms with Crippen LogP contribution in [0.3, 0.4) is 0 Å². The summed E-state index contributed by atoms with van der Waals surface area (Å²) in [7, 11) is 0. The summed E-state index contributed by atoms with van der Waals surface area (Å²) >= 11 is 0. The lowest BCUT2D eigenvalue weighted by molar-refractivity contribution is 0.675. The fraction of sp³-hybridized carbons (Fsp3) is 0.400. The van der Waals surface area contributed by atoms with E-state index in [0.717, 1.165) is 13.1 Å². The first-order valence-corrected chi connectivity index (χ1v) is 4.09. The second-order valence-corrected chi connectivity index (χ2v) is 2.59. The van der Waals surface area contributed by atoms with E-state index < -0.39 is 0 Å². The second kappa shape index (κ2) is 4.91. The van der Waals surface area contributed by atoms with Crippen molar-refractivity contribution in [1.82, 2.24) is 5.32 Å². The third-order valence-electron chi connectivity index (χ3n) is 1.53. The van der Waals surface area contributed by atoms with E-state index in [1.807, 2.05) is 18.2 Å². The average Bonchev–Trinajstić information content (AvgIpc) is 2.07. The van der Waals surface area contributed by atoms with Crippen molar-refractivity contribution in [3.05, 3.63) is 35.9 Å². The highest BCUT2D eigenvalue weighted by molar-refractivity contribution is 5.13. The summed E-state index contributed by atoms with van der Waals surface area (Å²) in [6.45, 7) is 4.23. The average molecular weight is 148 g/mol. The summed E-state index contributed by atoms with van der Waals surface area (Å²) in [5, 5.41) is 3.33. The molecule has 1 heteroatoms. The highest BCUT2D eigenvalue weighted by atomic mass is 14.8. The van der Waals surface area contributed by atoms with Crippen LogP contribution < -0.4 is 5.32 Å². The SMILES string of the molecule is CCCNCc1c[c]ccc1. The zero-order chi connectivity index (χ0) is 7.94. The van der Waals surface area contributed by atoms with E-state index in [1.165, 1.54) is 12.0 Å². The first-order chi connectivity index (χ1) is 5.43. The number of benzene rings is 1. The molecule has 0 bridgehead atoms. The normalized spacial score (nSPS) is 9.91. The maximum absolute atomic E-state index is 3.33. The van der Waals surface area contributed by atoms with E-state index in [-0.39, 0.29) is 0 Å². The minimum absolute atomic E-state index is 0.963. The van der Waals surface area contributed by atoms with E-state index in [2.05, 4.69) is 24.4 Å².